The minimum Gasteiger partial charge on any atom is -0.379 e. The summed E-state index contributed by atoms with van der Waals surface area (Å²) in [5.41, 5.74) is 2.05. The van der Waals surface area contributed by atoms with Crippen LogP contribution in [0.1, 0.15) is 11.1 Å². The predicted octanol–water partition coefficient (Wildman–Crippen LogP) is 5.40. The van der Waals surface area contributed by atoms with E-state index in [9.17, 15) is 17.2 Å². The highest BCUT2D eigenvalue weighted by atomic mass is 35.5. The average Bonchev–Trinajstić information content (AvgIpc) is 3.24. The Morgan fingerprint density at radius 3 is 2.53 bits per heavy atom. The van der Waals surface area contributed by atoms with E-state index < -0.39 is 26.6 Å². The molecule has 34 heavy (non-hydrogen) atoms. The van der Waals surface area contributed by atoms with E-state index >= 15 is 0 Å². The van der Waals surface area contributed by atoms with Gasteiger partial charge in [0.25, 0.3) is 10.0 Å². The molecule has 0 spiro atoms. The number of thiophene rings is 1. The van der Waals surface area contributed by atoms with Crippen molar-refractivity contribution < 1.29 is 17.2 Å². The van der Waals surface area contributed by atoms with Crippen molar-refractivity contribution in [1.82, 2.24) is 9.97 Å². The molecule has 0 amide bonds. The maximum Gasteiger partial charge on any atom is 0.264 e. The van der Waals surface area contributed by atoms with Crippen molar-refractivity contribution in [2.45, 2.75) is 4.90 Å². The minimum atomic E-state index is -4.40. The Balaban J connectivity index is 1.70. The highest BCUT2D eigenvalue weighted by Gasteiger charge is 2.22. The van der Waals surface area contributed by atoms with Crippen molar-refractivity contribution >= 4 is 49.4 Å². The van der Waals surface area contributed by atoms with Crippen LogP contribution in [-0.4, -0.2) is 31.1 Å². The number of nitrogens with zero attached hydrogens (tertiary/aromatic N) is 2. The monoisotopic (exact) mass is 519 g/mol. The molecule has 0 unspecified atom stereocenters. The quantitative estimate of drug-likeness (QED) is 0.224. The molecule has 0 bridgehead atoms. The van der Waals surface area contributed by atoms with Crippen LogP contribution in [0.15, 0.2) is 66.0 Å². The Morgan fingerprint density at radius 1 is 1.12 bits per heavy atom. The number of hydrogen-bond acceptors (Lipinski definition) is 7. The van der Waals surface area contributed by atoms with Crippen LogP contribution >= 0.6 is 22.9 Å². The fourth-order valence-electron chi connectivity index (χ4n) is 3.13. The van der Waals surface area contributed by atoms with Crippen LogP contribution in [0.2, 0.25) is 5.15 Å². The second kappa shape index (κ2) is 9.45. The number of halogens is 3. The minimum absolute atomic E-state index is 0.0759. The molecule has 0 aliphatic heterocycles. The Bertz CT molecular complexity index is 1490. The summed E-state index contributed by atoms with van der Waals surface area (Å²) in [6, 6.07) is 8.84. The van der Waals surface area contributed by atoms with Gasteiger partial charge in [0.15, 0.2) is 5.15 Å². The molecule has 0 aliphatic carbocycles. The Morgan fingerprint density at radius 2 is 1.85 bits per heavy atom. The smallest absolute Gasteiger partial charge is 0.264 e. The van der Waals surface area contributed by atoms with Crippen molar-refractivity contribution in [3.8, 4) is 10.4 Å². The molecule has 174 valence electrons. The summed E-state index contributed by atoms with van der Waals surface area (Å²) in [4.78, 5) is 7.98. The molecule has 7 nitrogen and oxygen atoms in total. The van der Waals surface area contributed by atoms with E-state index in [1.165, 1.54) is 23.6 Å². The molecule has 0 saturated carbocycles. The Hall–Kier alpha value is -3.41. The van der Waals surface area contributed by atoms with E-state index in [1.54, 1.807) is 37.6 Å². The molecule has 3 heterocycles. The normalized spacial score (nSPS) is 11.3. The molecule has 0 atom stereocenters. The number of benzene rings is 1. The summed E-state index contributed by atoms with van der Waals surface area (Å²) in [5.74, 6) is -2.13. The van der Waals surface area contributed by atoms with E-state index in [4.69, 9.17) is 17.0 Å². The van der Waals surface area contributed by atoms with Crippen LogP contribution in [0, 0.1) is 17.0 Å². The first-order valence-corrected chi connectivity index (χ1v) is 12.3. The lowest BCUT2D eigenvalue weighted by molar-refractivity contribution is 0.551. The van der Waals surface area contributed by atoms with Gasteiger partial charge in [-0.3, -0.25) is 15.1 Å². The van der Waals surface area contributed by atoms with Crippen LogP contribution in [0.25, 0.3) is 10.4 Å². The summed E-state index contributed by atoms with van der Waals surface area (Å²) < 4.78 is 54.8. The van der Waals surface area contributed by atoms with Gasteiger partial charge in [0.2, 0.25) is 0 Å². The fourth-order valence-corrected chi connectivity index (χ4v) is 5.45. The van der Waals surface area contributed by atoms with E-state index in [0.717, 1.165) is 17.1 Å². The molecule has 0 saturated heterocycles. The van der Waals surface area contributed by atoms with Crippen molar-refractivity contribution in [3.05, 3.63) is 89.0 Å². The molecule has 3 N–H and O–H groups in total. The van der Waals surface area contributed by atoms with Crippen LogP contribution < -0.4 is 10.0 Å². The van der Waals surface area contributed by atoms with Gasteiger partial charge in [0.1, 0.15) is 16.5 Å². The number of anilines is 2. The zero-order valence-electron chi connectivity index (χ0n) is 17.4. The van der Waals surface area contributed by atoms with Gasteiger partial charge in [-0.05, 0) is 36.4 Å². The molecule has 4 rings (SSSR count). The molecule has 1 aromatic carbocycles. The van der Waals surface area contributed by atoms with E-state index in [1.807, 2.05) is 0 Å². The first kappa shape index (κ1) is 23.7. The number of hydrogen-bond donors (Lipinski definition) is 3. The number of pyridine rings is 2. The van der Waals surface area contributed by atoms with Crippen LogP contribution in [0.3, 0.4) is 0 Å². The molecule has 12 heteroatoms. The molecule has 4 aromatic rings. The van der Waals surface area contributed by atoms with Gasteiger partial charge in [-0.2, -0.15) is 0 Å². The third kappa shape index (κ3) is 4.76. The van der Waals surface area contributed by atoms with E-state index in [2.05, 4.69) is 20.0 Å². The van der Waals surface area contributed by atoms with Gasteiger partial charge in [0, 0.05) is 53.3 Å². The lowest BCUT2D eigenvalue weighted by Crippen LogP contribution is -2.15. The second-order valence-electron chi connectivity index (χ2n) is 6.96. The number of rotatable bonds is 7. The van der Waals surface area contributed by atoms with Crippen molar-refractivity contribution in [2.75, 3.05) is 17.1 Å². The summed E-state index contributed by atoms with van der Waals surface area (Å²) in [5, 5.41) is 12.2. The van der Waals surface area contributed by atoms with E-state index in [-0.39, 0.29) is 16.6 Å². The van der Waals surface area contributed by atoms with Gasteiger partial charge in [-0.1, -0.05) is 11.6 Å². The lowest BCUT2D eigenvalue weighted by Gasteiger charge is -2.11. The first-order valence-electron chi connectivity index (χ1n) is 9.64. The molecule has 0 radical (unpaired) electrons. The second-order valence-corrected chi connectivity index (χ2v) is 10.0. The van der Waals surface area contributed by atoms with Gasteiger partial charge in [-0.25, -0.2) is 22.2 Å². The van der Waals surface area contributed by atoms with Gasteiger partial charge >= 0.3 is 0 Å². The summed E-state index contributed by atoms with van der Waals surface area (Å²) in [6.45, 7) is 0. The Kier molecular flexibility index (Phi) is 6.60. The van der Waals surface area contributed by atoms with Crippen LogP contribution in [-0.2, 0) is 10.0 Å². The maximum atomic E-state index is 14.1. The standard InChI is InChI=1S/C22H16ClF2N5O2S2/c1-27-22-15(20(26)12-4-6-28-7-5-12)10-18(33-22)13-8-17(21(23)29-11-13)30-34(31,32)19-3-2-14(24)9-16(19)25/h2-11,26-27,30H,1H3. The van der Waals surface area contributed by atoms with Crippen LogP contribution in [0.5, 0.6) is 0 Å². The van der Waals surface area contributed by atoms with Gasteiger partial charge in [0.05, 0.1) is 16.4 Å². The molecule has 0 fully saturated rings. The summed E-state index contributed by atoms with van der Waals surface area (Å²) >= 11 is 7.43. The Labute approximate surface area is 203 Å². The fraction of sp³-hybridized carbons (Fsp3) is 0.0455. The van der Waals surface area contributed by atoms with Crippen molar-refractivity contribution in [3.63, 3.8) is 0 Å². The van der Waals surface area contributed by atoms with Crippen molar-refractivity contribution in [1.29, 1.82) is 5.41 Å². The first-order chi connectivity index (χ1) is 16.2. The van der Waals surface area contributed by atoms with Crippen molar-refractivity contribution in [2.24, 2.45) is 0 Å². The van der Waals surface area contributed by atoms with Gasteiger partial charge < -0.3 is 5.32 Å². The van der Waals surface area contributed by atoms with E-state index in [0.29, 0.717) is 27.6 Å². The maximum absolute atomic E-state index is 14.1. The molecular weight excluding hydrogens is 504 g/mol. The molecule has 3 aromatic heterocycles. The number of aromatic nitrogens is 2. The highest BCUT2D eigenvalue weighted by Crippen LogP contribution is 2.38. The zero-order valence-corrected chi connectivity index (χ0v) is 19.8. The summed E-state index contributed by atoms with van der Waals surface area (Å²) in [7, 11) is -2.67. The topological polar surface area (TPSA) is 108 Å². The molecular formula is C22H16ClF2N5O2S2. The largest absolute Gasteiger partial charge is 0.379 e. The third-order valence-corrected chi connectivity index (χ3v) is 7.65. The molecule has 0 aliphatic rings. The average molecular weight is 520 g/mol. The van der Waals surface area contributed by atoms with Gasteiger partial charge in [-0.15, -0.1) is 11.3 Å². The predicted molar refractivity (Wildman–Crippen MR) is 129 cm³/mol. The summed E-state index contributed by atoms with van der Waals surface area (Å²) in [6.07, 6.45) is 4.66. The highest BCUT2D eigenvalue weighted by molar-refractivity contribution is 7.92. The third-order valence-electron chi connectivity index (χ3n) is 4.75. The lowest BCUT2D eigenvalue weighted by atomic mass is 10.0. The SMILES string of the molecule is CNc1sc(-c2cnc(Cl)c(NS(=O)(=O)c3ccc(F)cc3F)c2)cc1C(=N)c1ccncc1. The number of sulfonamides is 1. The number of nitrogens with one attached hydrogen (secondary N) is 3. The zero-order chi connectivity index (χ0) is 24.5. The van der Waals surface area contributed by atoms with Crippen LogP contribution in [0.4, 0.5) is 19.5 Å².